The maximum absolute atomic E-state index is 13.7. The quantitative estimate of drug-likeness (QED) is 0.222. The third-order valence-corrected chi connectivity index (χ3v) is 3.24. The predicted molar refractivity (Wildman–Crippen MR) is 71.0 cm³/mol. The number of carbonyl (C=O) groups excluding carboxylic acids is 1. The summed E-state index contributed by atoms with van der Waals surface area (Å²) in [7, 11) is 0. The molecule has 14 heteroatoms. The van der Waals surface area contributed by atoms with E-state index in [4.69, 9.17) is 0 Å². The fourth-order valence-electron chi connectivity index (χ4n) is 1.76. The van der Waals surface area contributed by atoms with Crippen molar-refractivity contribution >= 4 is 5.97 Å². The van der Waals surface area contributed by atoms with Gasteiger partial charge in [0.2, 0.25) is 0 Å². The van der Waals surface area contributed by atoms with E-state index in [1.54, 1.807) is 0 Å². The van der Waals surface area contributed by atoms with Gasteiger partial charge in [-0.2, -0.15) is 48.3 Å². The van der Waals surface area contributed by atoms with Gasteiger partial charge in [-0.25, -0.2) is 4.79 Å². The third kappa shape index (κ3) is 6.86. The first-order chi connectivity index (χ1) is 12.4. The van der Waals surface area contributed by atoms with E-state index >= 15 is 0 Å². The van der Waals surface area contributed by atoms with E-state index in [1.807, 2.05) is 0 Å². The second-order valence-corrected chi connectivity index (χ2v) is 5.21. The predicted octanol–water partition coefficient (Wildman–Crippen LogP) is 5.33. The standard InChI is InChI=1S/C14H13F11O3/c1-3-7(5-27-9(26)4-2)10(11(15,16)14(23,24)25)28-6-8(12(17,18)19)13(20,21)22/h4,6-7,10H,2-3,5H2,1H3. The van der Waals surface area contributed by atoms with Gasteiger partial charge >= 0.3 is 30.4 Å². The normalized spacial score (nSPS) is 15.4. The number of carbonyl (C=O) groups is 1. The minimum Gasteiger partial charge on any atom is -0.490 e. The molecule has 0 saturated heterocycles. The second-order valence-electron chi connectivity index (χ2n) is 5.21. The zero-order valence-corrected chi connectivity index (χ0v) is 13.8. The monoisotopic (exact) mass is 438 g/mol. The smallest absolute Gasteiger partial charge is 0.457 e. The van der Waals surface area contributed by atoms with Crippen LogP contribution in [0.1, 0.15) is 13.3 Å². The maximum Gasteiger partial charge on any atom is 0.457 e. The third-order valence-electron chi connectivity index (χ3n) is 3.24. The van der Waals surface area contributed by atoms with E-state index in [-0.39, 0.29) is 0 Å². The Morgan fingerprint density at radius 2 is 1.43 bits per heavy atom. The molecule has 0 aromatic heterocycles. The Balaban J connectivity index is 6.08. The van der Waals surface area contributed by atoms with Crippen molar-refractivity contribution in [2.24, 2.45) is 5.92 Å². The number of esters is 1. The van der Waals surface area contributed by atoms with Crippen LogP contribution >= 0.6 is 0 Å². The molecular weight excluding hydrogens is 425 g/mol. The molecule has 0 amide bonds. The molecule has 0 heterocycles. The summed E-state index contributed by atoms with van der Waals surface area (Å²) in [5, 5.41) is 0. The molecule has 0 rings (SSSR count). The maximum atomic E-state index is 13.7. The molecule has 0 aliphatic heterocycles. The van der Waals surface area contributed by atoms with Crippen molar-refractivity contribution in [3.8, 4) is 0 Å². The first-order valence-electron chi connectivity index (χ1n) is 7.13. The Bertz CT molecular complexity index is 557. The number of ether oxygens (including phenoxy) is 2. The summed E-state index contributed by atoms with van der Waals surface area (Å²) < 4.78 is 148. The molecule has 0 N–H and O–H groups in total. The second kappa shape index (κ2) is 8.99. The average Bonchev–Trinajstić information content (AvgIpc) is 2.49. The van der Waals surface area contributed by atoms with E-state index in [0.29, 0.717) is 6.08 Å². The van der Waals surface area contributed by atoms with Crippen molar-refractivity contribution in [2.75, 3.05) is 6.61 Å². The first kappa shape index (κ1) is 26.0. The number of halogens is 11. The Morgan fingerprint density at radius 3 is 1.75 bits per heavy atom. The number of hydrogen-bond acceptors (Lipinski definition) is 3. The van der Waals surface area contributed by atoms with Crippen LogP contribution in [0.4, 0.5) is 48.3 Å². The SMILES string of the molecule is C=CC(=O)OCC(CC)C(OC=C(C(F)(F)F)C(F)(F)F)C(F)(F)C(F)(F)F. The van der Waals surface area contributed by atoms with Crippen LogP contribution in [-0.2, 0) is 14.3 Å². The van der Waals surface area contributed by atoms with Crippen LogP contribution in [0.5, 0.6) is 0 Å². The van der Waals surface area contributed by atoms with Crippen molar-refractivity contribution in [3.63, 3.8) is 0 Å². The summed E-state index contributed by atoms with van der Waals surface area (Å²) in [5.74, 6) is -9.25. The molecule has 28 heavy (non-hydrogen) atoms. The molecule has 0 spiro atoms. The molecule has 0 aliphatic carbocycles. The van der Waals surface area contributed by atoms with Crippen LogP contribution in [0.3, 0.4) is 0 Å². The first-order valence-corrected chi connectivity index (χ1v) is 7.13. The largest absolute Gasteiger partial charge is 0.490 e. The number of alkyl halides is 11. The summed E-state index contributed by atoms with van der Waals surface area (Å²) >= 11 is 0. The van der Waals surface area contributed by atoms with E-state index < -0.39 is 67.3 Å². The van der Waals surface area contributed by atoms with Gasteiger partial charge in [-0.05, 0) is 6.42 Å². The molecule has 0 fully saturated rings. The highest BCUT2D eigenvalue weighted by Crippen LogP contribution is 2.44. The molecule has 0 aromatic rings. The van der Waals surface area contributed by atoms with Gasteiger partial charge in [0.25, 0.3) is 0 Å². The highest BCUT2D eigenvalue weighted by atomic mass is 19.4. The zero-order chi connectivity index (χ0) is 22.6. The van der Waals surface area contributed by atoms with Crippen molar-refractivity contribution in [3.05, 3.63) is 24.5 Å². The summed E-state index contributed by atoms with van der Waals surface area (Å²) in [4.78, 5) is 10.9. The Kier molecular flexibility index (Phi) is 8.34. The van der Waals surface area contributed by atoms with Gasteiger partial charge in [0, 0.05) is 12.0 Å². The Labute approximate surface area is 150 Å². The lowest BCUT2D eigenvalue weighted by molar-refractivity contribution is -0.321. The van der Waals surface area contributed by atoms with Gasteiger partial charge in [-0.15, -0.1) is 0 Å². The van der Waals surface area contributed by atoms with Crippen molar-refractivity contribution in [1.29, 1.82) is 0 Å². The van der Waals surface area contributed by atoms with Gasteiger partial charge < -0.3 is 9.47 Å². The number of allylic oxidation sites excluding steroid dienone is 1. The molecule has 0 saturated carbocycles. The van der Waals surface area contributed by atoms with Gasteiger partial charge in [0.1, 0.15) is 6.26 Å². The summed E-state index contributed by atoms with van der Waals surface area (Å²) in [6.07, 6.45) is -23.6. The van der Waals surface area contributed by atoms with Crippen LogP contribution < -0.4 is 0 Å². The van der Waals surface area contributed by atoms with Crippen molar-refractivity contribution in [2.45, 2.75) is 43.9 Å². The highest BCUT2D eigenvalue weighted by molar-refractivity contribution is 5.81. The molecule has 0 radical (unpaired) electrons. The molecule has 0 aromatic carbocycles. The van der Waals surface area contributed by atoms with E-state index in [2.05, 4.69) is 16.1 Å². The van der Waals surface area contributed by atoms with E-state index in [9.17, 15) is 53.1 Å². The molecule has 2 unspecified atom stereocenters. The minimum atomic E-state index is -6.38. The summed E-state index contributed by atoms with van der Waals surface area (Å²) in [5.41, 5.74) is -3.43. The van der Waals surface area contributed by atoms with Gasteiger partial charge in [0.05, 0.1) is 6.61 Å². The lowest BCUT2D eigenvalue weighted by Crippen LogP contribution is -2.52. The zero-order valence-electron chi connectivity index (χ0n) is 13.8. The number of hydrogen-bond donors (Lipinski definition) is 0. The van der Waals surface area contributed by atoms with Crippen molar-refractivity contribution < 1.29 is 62.6 Å². The summed E-state index contributed by atoms with van der Waals surface area (Å²) in [6, 6.07) is 0. The van der Waals surface area contributed by atoms with Crippen LogP contribution in [0.2, 0.25) is 0 Å². The van der Waals surface area contributed by atoms with Gasteiger partial charge in [0.15, 0.2) is 11.7 Å². The van der Waals surface area contributed by atoms with Crippen LogP contribution in [0, 0.1) is 5.92 Å². The Hall–Kier alpha value is -2.02. The molecule has 0 aliphatic rings. The fourth-order valence-corrected chi connectivity index (χ4v) is 1.76. The minimum absolute atomic E-state index is 0.510. The molecular formula is C14H13F11O3. The lowest BCUT2D eigenvalue weighted by Gasteiger charge is -2.33. The molecule has 3 nitrogen and oxygen atoms in total. The Morgan fingerprint density at radius 1 is 0.964 bits per heavy atom. The summed E-state index contributed by atoms with van der Waals surface area (Å²) in [6.45, 7) is 2.69. The molecule has 0 bridgehead atoms. The number of rotatable bonds is 8. The molecule has 2 atom stereocenters. The lowest BCUT2D eigenvalue weighted by atomic mass is 9.94. The van der Waals surface area contributed by atoms with Crippen LogP contribution in [0.15, 0.2) is 24.5 Å². The van der Waals surface area contributed by atoms with Crippen LogP contribution in [0.25, 0.3) is 0 Å². The van der Waals surface area contributed by atoms with E-state index in [0.717, 1.165) is 6.92 Å². The van der Waals surface area contributed by atoms with Crippen LogP contribution in [-0.4, -0.2) is 43.1 Å². The topological polar surface area (TPSA) is 35.5 Å². The van der Waals surface area contributed by atoms with Crippen molar-refractivity contribution in [1.82, 2.24) is 0 Å². The highest BCUT2D eigenvalue weighted by Gasteiger charge is 2.65. The fraction of sp³-hybridized carbons (Fsp3) is 0.643. The van der Waals surface area contributed by atoms with Gasteiger partial charge in [-0.1, -0.05) is 13.5 Å². The van der Waals surface area contributed by atoms with E-state index in [1.165, 1.54) is 0 Å². The average molecular weight is 438 g/mol. The van der Waals surface area contributed by atoms with Gasteiger partial charge in [-0.3, -0.25) is 0 Å². The molecule has 164 valence electrons.